The van der Waals surface area contributed by atoms with Crippen molar-refractivity contribution in [3.8, 4) is 0 Å². The first-order chi connectivity index (χ1) is 13.0. The number of rotatable bonds is 5. The average Bonchev–Trinajstić information content (AvgIpc) is 3.16. The van der Waals surface area contributed by atoms with E-state index in [0.29, 0.717) is 37.6 Å². The van der Waals surface area contributed by atoms with Crippen LogP contribution in [0.4, 0.5) is 5.82 Å². The summed E-state index contributed by atoms with van der Waals surface area (Å²) >= 11 is 0. The van der Waals surface area contributed by atoms with Gasteiger partial charge < -0.3 is 10.2 Å². The number of aromatic nitrogens is 2. The molecule has 0 radical (unpaired) electrons. The Hall–Kier alpha value is -2.67. The summed E-state index contributed by atoms with van der Waals surface area (Å²) in [6.45, 7) is 8.54. The zero-order valence-electron chi connectivity index (χ0n) is 16.1. The second-order valence-corrected chi connectivity index (χ2v) is 7.11. The van der Waals surface area contributed by atoms with E-state index in [1.54, 1.807) is 16.9 Å². The minimum absolute atomic E-state index is 0.0492. The van der Waals surface area contributed by atoms with Gasteiger partial charge in [0.05, 0.1) is 12.2 Å². The first-order valence-corrected chi connectivity index (χ1v) is 9.40. The predicted octanol–water partition coefficient (Wildman–Crippen LogP) is 2.25. The van der Waals surface area contributed by atoms with Crippen molar-refractivity contribution < 1.29 is 9.59 Å². The summed E-state index contributed by atoms with van der Waals surface area (Å²) in [5, 5.41) is 7.21. The standard InChI is InChI=1S/C20H27N5O2/c1-15(2)25-18(9-10-21-25)22-19(26)16(3)23-11-13-24(14-12-23)20(27)17-7-5-4-6-8-17/h4-10,15-16H,11-14H2,1-3H3,(H,22,26)/t16-/m0/s1. The largest absolute Gasteiger partial charge is 0.336 e. The number of carbonyl (C=O) groups is 2. The third-order valence-electron chi connectivity index (χ3n) is 4.96. The van der Waals surface area contributed by atoms with Gasteiger partial charge in [-0.2, -0.15) is 5.10 Å². The van der Waals surface area contributed by atoms with Gasteiger partial charge in [0, 0.05) is 43.9 Å². The van der Waals surface area contributed by atoms with Crippen LogP contribution in [0.15, 0.2) is 42.6 Å². The number of hydrogen-bond acceptors (Lipinski definition) is 4. The molecule has 1 saturated heterocycles. The van der Waals surface area contributed by atoms with Crippen molar-refractivity contribution >= 4 is 17.6 Å². The molecule has 1 aliphatic heterocycles. The van der Waals surface area contributed by atoms with E-state index in [0.717, 1.165) is 0 Å². The summed E-state index contributed by atoms with van der Waals surface area (Å²) < 4.78 is 1.79. The molecule has 0 spiro atoms. The van der Waals surface area contributed by atoms with Crippen molar-refractivity contribution in [1.82, 2.24) is 19.6 Å². The summed E-state index contributed by atoms with van der Waals surface area (Å²) in [5.74, 6) is 0.702. The smallest absolute Gasteiger partial charge is 0.253 e. The number of hydrogen-bond donors (Lipinski definition) is 1. The van der Waals surface area contributed by atoms with Crippen molar-refractivity contribution in [2.24, 2.45) is 0 Å². The van der Waals surface area contributed by atoms with Crippen molar-refractivity contribution in [1.29, 1.82) is 0 Å². The molecule has 144 valence electrons. The Morgan fingerprint density at radius 3 is 2.30 bits per heavy atom. The van der Waals surface area contributed by atoms with E-state index >= 15 is 0 Å². The lowest BCUT2D eigenvalue weighted by atomic mass is 10.1. The fourth-order valence-electron chi connectivity index (χ4n) is 3.30. The molecule has 27 heavy (non-hydrogen) atoms. The Bertz CT molecular complexity index is 779. The highest BCUT2D eigenvalue weighted by molar-refractivity contribution is 5.95. The van der Waals surface area contributed by atoms with Crippen LogP contribution in [0.3, 0.4) is 0 Å². The van der Waals surface area contributed by atoms with Gasteiger partial charge in [-0.15, -0.1) is 0 Å². The van der Waals surface area contributed by atoms with Gasteiger partial charge in [0.2, 0.25) is 5.91 Å². The lowest BCUT2D eigenvalue weighted by Crippen LogP contribution is -2.54. The van der Waals surface area contributed by atoms with Gasteiger partial charge in [0.15, 0.2) is 0 Å². The lowest BCUT2D eigenvalue weighted by molar-refractivity contribution is -0.121. The van der Waals surface area contributed by atoms with Gasteiger partial charge in [-0.1, -0.05) is 18.2 Å². The minimum Gasteiger partial charge on any atom is -0.336 e. The third kappa shape index (κ3) is 4.36. The van der Waals surface area contributed by atoms with E-state index in [1.807, 2.05) is 56.0 Å². The molecule has 1 fully saturated rings. The fraction of sp³-hybridized carbons (Fsp3) is 0.450. The summed E-state index contributed by atoms with van der Waals surface area (Å²) in [6.07, 6.45) is 1.69. The van der Waals surface area contributed by atoms with Crippen LogP contribution in [0.1, 0.15) is 37.2 Å². The number of amides is 2. The molecular weight excluding hydrogens is 342 g/mol. The van der Waals surface area contributed by atoms with Gasteiger partial charge in [-0.05, 0) is 32.9 Å². The highest BCUT2D eigenvalue weighted by atomic mass is 16.2. The molecular formula is C20H27N5O2. The maximum Gasteiger partial charge on any atom is 0.253 e. The zero-order valence-corrected chi connectivity index (χ0v) is 16.1. The highest BCUT2D eigenvalue weighted by Crippen LogP contribution is 2.15. The normalized spacial score (nSPS) is 16.4. The topological polar surface area (TPSA) is 70.5 Å². The molecule has 7 heteroatoms. The van der Waals surface area contributed by atoms with E-state index in [1.165, 1.54) is 0 Å². The fourth-order valence-corrected chi connectivity index (χ4v) is 3.30. The SMILES string of the molecule is CC(C)n1nccc1NC(=O)[C@H](C)N1CCN(C(=O)c2ccccc2)CC1. The summed E-state index contributed by atoms with van der Waals surface area (Å²) in [7, 11) is 0. The molecule has 7 nitrogen and oxygen atoms in total. The van der Waals surface area contributed by atoms with Crippen LogP contribution in [0.5, 0.6) is 0 Å². The second-order valence-electron chi connectivity index (χ2n) is 7.11. The number of benzene rings is 1. The van der Waals surface area contributed by atoms with E-state index in [9.17, 15) is 9.59 Å². The zero-order chi connectivity index (χ0) is 19.4. The molecule has 2 aromatic rings. The molecule has 2 heterocycles. The van der Waals surface area contributed by atoms with Gasteiger partial charge in [-0.3, -0.25) is 14.5 Å². The van der Waals surface area contributed by atoms with E-state index < -0.39 is 0 Å². The van der Waals surface area contributed by atoms with E-state index in [4.69, 9.17) is 0 Å². The van der Waals surface area contributed by atoms with Crippen molar-refractivity contribution in [2.75, 3.05) is 31.5 Å². The van der Waals surface area contributed by atoms with Gasteiger partial charge in [0.1, 0.15) is 5.82 Å². The van der Waals surface area contributed by atoms with E-state index in [-0.39, 0.29) is 23.9 Å². The van der Waals surface area contributed by atoms with Crippen LogP contribution in [0.2, 0.25) is 0 Å². The quantitative estimate of drug-likeness (QED) is 0.878. The van der Waals surface area contributed by atoms with Gasteiger partial charge in [-0.25, -0.2) is 4.68 Å². The molecule has 3 rings (SSSR count). The molecule has 1 aromatic heterocycles. The Labute approximate surface area is 159 Å². The maximum absolute atomic E-state index is 12.6. The van der Waals surface area contributed by atoms with Gasteiger partial charge >= 0.3 is 0 Å². The third-order valence-corrected chi connectivity index (χ3v) is 4.96. The Morgan fingerprint density at radius 2 is 1.67 bits per heavy atom. The van der Waals surface area contributed by atoms with Crippen LogP contribution in [-0.4, -0.2) is 63.6 Å². The predicted molar refractivity (Wildman–Crippen MR) is 105 cm³/mol. The molecule has 0 saturated carbocycles. The summed E-state index contributed by atoms with van der Waals surface area (Å²) in [5.41, 5.74) is 0.707. The molecule has 0 unspecified atom stereocenters. The van der Waals surface area contributed by atoms with Crippen LogP contribution < -0.4 is 5.32 Å². The Kier molecular flexibility index (Phi) is 5.91. The summed E-state index contributed by atoms with van der Waals surface area (Å²) in [4.78, 5) is 29.2. The number of nitrogens with zero attached hydrogens (tertiary/aromatic N) is 4. The molecule has 2 amide bonds. The molecule has 1 atom stereocenters. The van der Waals surface area contributed by atoms with Crippen LogP contribution in [-0.2, 0) is 4.79 Å². The van der Waals surface area contributed by atoms with Gasteiger partial charge in [0.25, 0.3) is 5.91 Å². The van der Waals surface area contributed by atoms with Crippen molar-refractivity contribution in [3.05, 3.63) is 48.2 Å². The van der Waals surface area contributed by atoms with Crippen molar-refractivity contribution in [3.63, 3.8) is 0 Å². The first-order valence-electron chi connectivity index (χ1n) is 9.40. The number of carbonyl (C=O) groups excluding carboxylic acids is 2. The van der Waals surface area contributed by atoms with Crippen LogP contribution in [0.25, 0.3) is 0 Å². The molecule has 0 aliphatic carbocycles. The van der Waals surface area contributed by atoms with Crippen LogP contribution >= 0.6 is 0 Å². The highest BCUT2D eigenvalue weighted by Gasteiger charge is 2.28. The molecule has 1 aliphatic rings. The number of anilines is 1. The number of nitrogens with one attached hydrogen (secondary N) is 1. The van der Waals surface area contributed by atoms with E-state index in [2.05, 4.69) is 15.3 Å². The molecule has 1 N–H and O–H groups in total. The number of piperazine rings is 1. The van der Waals surface area contributed by atoms with Crippen LogP contribution in [0, 0.1) is 0 Å². The summed E-state index contributed by atoms with van der Waals surface area (Å²) in [6, 6.07) is 11.0. The minimum atomic E-state index is -0.269. The Balaban J connectivity index is 1.55. The average molecular weight is 369 g/mol. The Morgan fingerprint density at radius 1 is 1.00 bits per heavy atom. The molecule has 0 bridgehead atoms. The van der Waals surface area contributed by atoms with Crippen molar-refractivity contribution in [2.45, 2.75) is 32.9 Å². The first kappa shape index (κ1) is 19.1. The molecule has 1 aromatic carbocycles. The lowest BCUT2D eigenvalue weighted by Gasteiger charge is -2.37. The monoisotopic (exact) mass is 369 g/mol. The maximum atomic E-state index is 12.6. The second kappa shape index (κ2) is 8.35.